The first-order valence-corrected chi connectivity index (χ1v) is 5.87. The van der Waals surface area contributed by atoms with E-state index >= 15 is 0 Å². The van der Waals surface area contributed by atoms with E-state index < -0.39 is 6.10 Å². The number of aromatic amines is 1. The Labute approximate surface area is 109 Å². The fourth-order valence-electron chi connectivity index (χ4n) is 1.60. The summed E-state index contributed by atoms with van der Waals surface area (Å²) in [5, 5.41) is 24.8. The van der Waals surface area contributed by atoms with E-state index in [1.165, 1.54) is 12.4 Å². The monoisotopic (exact) mass is 270 g/mol. The first-order chi connectivity index (χ1) is 8.59. The van der Waals surface area contributed by atoms with Crippen LogP contribution in [0.2, 0.25) is 5.02 Å². The van der Waals surface area contributed by atoms with Gasteiger partial charge in [-0.05, 0) is 14.1 Å². The Morgan fingerprint density at radius 3 is 2.89 bits per heavy atom. The molecule has 0 aromatic carbocycles. The van der Waals surface area contributed by atoms with Crippen LogP contribution in [0.25, 0.3) is 0 Å². The lowest BCUT2D eigenvalue weighted by Crippen LogP contribution is -2.21. The molecule has 0 spiro atoms. The summed E-state index contributed by atoms with van der Waals surface area (Å²) in [6.07, 6.45) is 2.06. The van der Waals surface area contributed by atoms with Gasteiger partial charge in [0, 0.05) is 6.54 Å². The number of hydrogen-bond donors (Lipinski definition) is 2. The quantitative estimate of drug-likeness (QED) is 0.816. The molecule has 2 heterocycles. The number of halogens is 1. The molecule has 0 fully saturated rings. The van der Waals surface area contributed by atoms with E-state index in [1.807, 2.05) is 19.0 Å². The van der Waals surface area contributed by atoms with E-state index in [0.717, 1.165) is 6.54 Å². The van der Waals surface area contributed by atoms with Crippen molar-refractivity contribution in [2.24, 2.45) is 0 Å². The molecule has 2 N–H and O–H groups in total. The Kier molecular flexibility index (Phi) is 3.95. The molecule has 0 saturated carbocycles. The molecule has 1 unspecified atom stereocenters. The summed E-state index contributed by atoms with van der Waals surface area (Å²) < 4.78 is 1.68. The Hall–Kier alpha value is -1.44. The first-order valence-electron chi connectivity index (χ1n) is 5.49. The van der Waals surface area contributed by atoms with Gasteiger partial charge in [0.15, 0.2) is 0 Å². The molecule has 0 radical (unpaired) electrons. The van der Waals surface area contributed by atoms with Gasteiger partial charge < -0.3 is 10.0 Å². The normalized spacial score (nSPS) is 13.2. The minimum Gasteiger partial charge on any atom is -0.380 e. The Bertz CT molecular complexity index is 494. The van der Waals surface area contributed by atoms with Gasteiger partial charge in [-0.3, -0.25) is 4.68 Å². The molecule has 0 saturated heterocycles. The summed E-state index contributed by atoms with van der Waals surface area (Å²) in [5.41, 5.74) is 0.955. The highest BCUT2D eigenvalue weighted by atomic mass is 35.5. The van der Waals surface area contributed by atoms with Gasteiger partial charge in [-0.2, -0.15) is 20.5 Å². The summed E-state index contributed by atoms with van der Waals surface area (Å²) in [6.45, 7) is 1.44. The van der Waals surface area contributed by atoms with Crippen LogP contribution in [0.3, 0.4) is 0 Å². The molecule has 98 valence electrons. The van der Waals surface area contributed by atoms with Crippen LogP contribution in [-0.2, 0) is 6.54 Å². The number of hydrogen-bond acceptors (Lipinski definition) is 5. The minimum atomic E-state index is -0.930. The maximum Gasteiger partial charge on any atom is 0.142 e. The van der Waals surface area contributed by atoms with E-state index in [9.17, 15) is 5.11 Å². The van der Waals surface area contributed by atoms with Crippen LogP contribution < -0.4 is 0 Å². The van der Waals surface area contributed by atoms with Crippen molar-refractivity contribution in [2.75, 3.05) is 20.6 Å². The van der Waals surface area contributed by atoms with Crippen molar-refractivity contribution in [3.63, 3.8) is 0 Å². The van der Waals surface area contributed by atoms with Gasteiger partial charge in [-0.1, -0.05) is 11.6 Å². The maximum atomic E-state index is 10.2. The zero-order valence-electron chi connectivity index (χ0n) is 10.2. The van der Waals surface area contributed by atoms with Crippen LogP contribution in [0.4, 0.5) is 0 Å². The van der Waals surface area contributed by atoms with Crippen molar-refractivity contribution in [3.8, 4) is 0 Å². The number of nitrogens with one attached hydrogen (secondary N) is 1. The van der Waals surface area contributed by atoms with Crippen LogP contribution in [-0.4, -0.2) is 55.8 Å². The summed E-state index contributed by atoms with van der Waals surface area (Å²) in [4.78, 5) is 2.03. The van der Waals surface area contributed by atoms with Gasteiger partial charge in [0.2, 0.25) is 0 Å². The van der Waals surface area contributed by atoms with Gasteiger partial charge in [0.05, 0.1) is 29.7 Å². The number of aliphatic hydroxyl groups is 1. The van der Waals surface area contributed by atoms with Crippen molar-refractivity contribution in [2.45, 2.75) is 12.6 Å². The molecule has 18 heavy (non-hydrogen) atoms. The molecule has 2 rings (SSSR count). The molecular formula is C10H15ClN6O. The minimum absolute atomic E-state index is 0.420. The lowest BCUT2D eigenvalue weighted by Gasteiger charge is -2.14. The van der Waals surface area contributed by atoms with Gasteiger partial charge in [-0.15, -0.1) is 0 Å². The zero-order chi connectivity index (χ0) is 13.1. The Balaban J connectivity index is 2.23. The van der Waals surface area contributed by atoms with E-state index in [0.29, 0.717) is 23.0 Å². The molecule has 0 amide bonds. The van der Waals surface area contributed by atoms with Crippen molar-refractivity contribution >= 4 is 11.6 Å². The second-order valence-electron chi connectivity index (χ2n) is 4.20. The second-order valence-corrected chi connectivity index (χ2v) is 4.61. The van der Waals surface area contributed by atoms with Crippen molar-refractivity contribution in [1.82, 2.24) is 30.1 Å². The van der Waals surface area contributed by atoms with Crippen molar-refractivity contribution < 1.29 is 5.11 Å². The van der Waals surface area contributed by atoms with Gasteiger partial charge in [-0.25, -0.2) is 0 Å². The molecular weight excluding hydrogens is 256 g/mol. The summed E-state index contributed by atoms with van der Waals surface area (Å²) in [6, 6.07) is 0. The lowest BCUT2D eigenvalue weighted by molar-refractivity contribution is 0.201. The molecule has 1 atom stereocenters. The standard InChI is InChI=1S/C10H15ClN6O/c1-16(2)3-4-17-9(7(11)5-13-17)10(18)8-6-12-15-14-8/h5-6,10,18H,3-4H2,1-2H3,(H,12,14,15). The number of aliphatic hydroxyl groups excluding tert-OH is 1. The van der Waals surface area contributed by atoms with Gasteiger partial charge in [0.25, 0.3) is 0 Å². The third-order valence-electron chi connectivity index (χ3n) is 2.57. The van der Waals surface area contributed by atoms with Crippen LogP contribution in [0.15, 0.2) is 12.4 Å². The molecule has 0 bridgehead atoms. The molecule has 7 nitrogen and oxygen atoms in total. The summed E-state index contributed by atoms with van der Waals surface area (Å²) in [7, 11) is 3.94. The highest BCUT2D eigenvalue weighted by Crippen LogP contribution is 2.26. The predicted octanol–water partition coefficient (Wildman–Crippen LogP) is 0.298. The molecule has 2 aromatic rings. The number of nitrogens with zero attached hydrogens (tertiary/aromatic N) is 5. The number of H-pyrrole nitrogens is 1. The largest absolute Gasteiger partial charge is 0.380 e. The first kappa shape index (κ1) is 13.0. The molecule has 2 aromatic heterocycles. The van der Waals surface area contributed by atoms with Crippen LogP contribution >= 0.6 is 11.6 Å². The predicted molar refractivity (Wildman–Crippen MR) is 66.2 cm³/mol. The van der Waals surface area contributed by atoms with E-state index in [1.54, 1.807) is 4.68 Å². The SMILES string of the molecule is CN(C)CCn1ncc(Cl)c1C(O)c1cn[nH]n1. The number of rotatable bonds is 5. The fourth-order valence-corrected chi connectivity index (χ4v) is 1.84. The second kappa shape index (κ2) is 5.47. The van der Waals surface area contributed by atoms with E-state index in [2.05, 4.69) is 20.5 Å². The Morgan fingerprint density at radius 2 is 2.28 bits per heavy atom. The lowest BCUT2D eigenvalue weighted by atomic mass is 10.2. The topological polar surface area (TPSA) is 82.9 Å². The zero-order valence-corrected chi connectivity index (χ0v) is 11.0. The summed E-state index contributed by atoms with van der Waals surface area (Å²) in [5.74, 6) is 0. The van der Waals surface area contributed by atoms with Gasteiger partial charge in [0.1, 0.15) is 11.8 Å². The third kappa shape index (κ3) is 2.69. The van der Waals surface area contributed by atoms with E-state index in [4.69, 9.17) is 11.6 Å². The average molecular weight is 271 g/mol. The molecule has 0 aliphatic rings. The number of aromatic nitrogens is 5. The molecule has 0 aliphatic carbocycles. The highest BCUT2D eigenvalue weighted by molar-refractivity contribution is 6.31. The fraction of sp³-hybridized carbons (Fsp3) is 0.500. The summed E-state index contributed by atoms with van der Waals surface area (Å²) >= 11 is 6.06. The van der Waals surface area contributed by atoms with Gasteiger partial charge >= 0.3 is 0 Å². The molecule has 0 aliphatic heterocycles. The Morgan fingerprint density at radius 1 is 1.50 bits per heavy atom. The van der Waals surface area contributed by atoms with Crippen LogP contribution in [0, 0.1) is 0 Å². The smallest absolute Gasteiger partial charge is 0.142 e. The average Bonchev–Trinajstić information content (AvgIpc) is 2.94. The van der Waals surface area contributed by atoms with E-state index in [-0.39, 0.29) is 0 Å². The molecule has 8 heteroatoms. The van der Waals surface area contributed by atoms with Crippen molar-refractivity contribution in [3.05, 3.63) is 28.8 Å². The van der Waals surface area contributed by atoms with Crippen molar-refractivity contribution in [1.29, 1.82) is 0 Å². The maximum absolute atomic E-state index is 10.2. The number of likely N-dealkylation sites (N-methyl/N-ethyl adjacent to an activating group) is 1. The third-order valence-corrected chi connectivity index (χ3v) is 2.86. The van der Waals surface area contributed by atoms with Crippen LogP contribution in [0.1, 0.15) is 17.5 Å². The highest BCUT2D eigenvalue weighted by Gasteiger charge is 2.21. The van der Waals surface area contributed by atoms with Crippen LogP contribution in [0.5, 0.6) is 0 Å².